The van der Waals surface area contributed by atoms with Gasteiger partial charge in [0.1, 0.15) is 12.3 Å². The van der Waals surface area contributed by atoms with E-state index in [1.165, 1.54) is 14.7 Å². The van der Waals surface area contributed by atoms with Crippen molar-refractivity contribution in [1.82, 2.24) is 0 Å². The Kier molecular flexibility index (Phi) is 2.23. The van der Waals surface area contributed by atoms with Gasteiger partial charge in [0.05, 0.1) is 6.61 Å². The van der Waals surface area contributed by atoms with E-state index in [-0.39, 0.29) is 0 Å². The van der Waals surface area contributed by atoms with Crippen molar-refractivity contribution >= 4 is 22.6 Å². The third-order valence-corrected chi connectivity index (χ3v) is 3.20. The molecule has 3 N–H and O–H groups in total. The molecule has 3 heteroatoms. The van der Waals surface area contributed by atoms with E-state index in [1.54, 1.807) is 0 Å². The van der Waals surface area contributed by atoms with E-state index >= 15 is 0 Å². The van der Waals surface area contributed by atoms with Crippen molar-refractivity contribution in [2.24, 2.45) is 0 Å². The van der Waals surface area contributed by atoms with Gasteiger partial charge in [0.2, 0.25) is 0 Å². The van der Waals surface area contributed by atoms with Crippen LogP contribution in [0.5, 0.6) is 5.75 Å². The molecule has 0 aliphatic carbocycles. The van der Waals surface area contributed by atoms with Gasteiger partial charge in [-0.1, -0.05) is 0 Å². The average molecular weight is 276 g/mol. The lowest BCUT2D eigenvalue weighted by molar-refractivity contribution is -0.386. The molecule has 1 aliphatic rings. The van der Waals surface area contributed by atoms with E-state index in [0.29, 0.717) is 0 Å². The highest BCUT2D eigenvalue weighted by Crippen LogP contribution is 2.30. The van der Waals surface area contributed by atoms with Crippen LogP contribution >= 0.6 is 22.6 Å². The molecule has 2 nitrogen and oxygen atoms in total. The van der Waals surface area contributed by atoms with Gasteiger partial charge >= 0.3 is 0 Å². The first kappa shape index (κ1) is 8.31. The molecule has 0 atom stereocenters. The largest absolute Gasteiger partial charge is 0.493 e. The lowest BCUT2D eigenvalue weighted by Crippen LogP contribution is -2.48. The van der Waals surface area contributed by atoms with E-state index in [9.17, 15) is 0 Å². The third kappa shape index (κ3) is 1.21. The fourth-order valence-electron chi connectivity index (χ4n) is 1.59. The van der Waals surface area contributed by atoms with Crippen molar-refractivity contribution in [3.63, 3.8) is 0 Å². The first-order chi connectivity index (χ1) is 5.83. The van der Waals surface area contributed by atoms with Gasteiger partial charge < -0.3 is 10.5 Å². The maximum Gasteiger partial charge on any atom is 0.123 e. The molecule has 2 rings (SSSR count). The Morgan fingerprint density at radius 1 is 1.50 bits per heavy atom. The summed E-state index contributed by atoms with van der Waals surface area (Å²) in [6.07, 6.45) is 1.05. The quantitative estimate of drug-likeness (QED) is 0.762. The molecule has 64 valence electrons. The number of hydrogen-bond donors (Lipinski definition) is 1. The zero-order valence-electron chi connectivity index (χ0n) is 6.77. The molecule has 1 aliphatic heterocycles. The predicted octanol–water partition coefficient (Wildman–Crippen LogP) is 0.968. The van der Waals surface area contributed by atoms with Crippen LogP contribution in [0.4, 0.5) is 0 Å². The summed E-state index contributed by atoms with van der Waals surface area (Å²) in [4.78, 5) is 0. The van der Waals surface area contributed by atoms with Crippen LogP contribution in [0.3, 0.4) is 0 Å². The summed E-state index contributed by atoms with van der Waals surface area (Å²) in [5, 5.41) is 0. The van der Waals surface area contributed by atoms with E-state index in [4.69, 9.17) is 4.74 Å². The molecule has 0 saturated carbocycles. The van der Waals surface area contributed by atoms with Crippen molar-refractivity contribution < 1.29 is 10.5 Å². The monoisotopic (exact) mass is 276 g/mol. The molecule has 0 spiro atoms. The summed E-state index contributed by atoms with van der Waals surface area (Å²) in [5.41, 5.74) is 6.67. The fraction of sp³-hybridized carbons (Fsp3) is 0.333. The van der Waals surface area contributed by atoms with E-state index in [2.05, 4.69) is 40.5 Å². The molecule has 0 unspecified atom stereocenters. The van der Waals surface area contributed by atoms with Gasteiger partial charge in [0, 0.05) is 21.1 Å². The summed E-state index contributed by atoms with van der Waals surface area (Å²) in [6.45, 7) is 1.70. The highest BCUT2D eigenvalue weighted by Gasteiger charge is 2.17. The van der Waals surface area contributed by atoms with Crippen molar-refractivity contribution in [3.05, 3.63) is 26.8 Å². The standard InChI is InChI=1S/C9H10INO/c10-8-1-2-9-6(3-4-12-9)7(8)5-11/h1-2H,3-5,11H2/p+1. The molecule has 0 aromatic heterocycles. The van der Waals surface area contributed by atoms with Gasteiger partial charge in [-0.3, -0.25) is 0 Å². The van der Waals surface area contributed by atoms with E-state index < -0.39 is 0 Å². The minimum Gasteiger partial charge on any atom is -0.493 e. The normalized spacial score (nSPS) is 14.2. The summed E-state index contributed by atoms with van der Waals surface area (Å²) in [5.74, 6) is 1.06. The number of benzene rings is 1. The van der Waals surface area contributed by atoms with Crippen LogP contribution in [0, 0.1) is 3.57 Å². The van der Waals surface area contributed by atoms with Crippen LogP contribution in [0.25, 0.3) is 0 Å². The Hall–Kier alpha value is -0.290. The first-order valence-electron chi connectivity index (χ1n) is 4.05. The average Bonchev–Trinajstić information content (AvgIpc) is 2.52. The van der Waals surface area contributed by atoms with Crippen molar-refractivity contribution in [2.45, 2.75) is 13.0 Å². The highest BCUT2D eigenvalue weighted by molar-refractivity contribution is 14.1. The van der Waals surface area contributed by atoms with Crippen molar-refractivity contribution in [1.29, 1.82) is 0 Å². The molecule has 1 aromatic rings. The maximum absolute atomic E-state index is 5.46. The number of hydrogen-bond acceptors (Lipinski definition) is 1. The van der Waals surface area contributed by atoms with Crippen LogP contribution in [0.15, 0.2) is 12.1 Å². The molecule has 0 amide bonds. The molecule has 1 aromatic carbocycles. The first-order valence-corrected chi connectivity index (χ1v) is 5.13. The molecule has 0 fully saturated rings. The predicted molar refractivity (Wildman–Crippen MR) is 55.0 cm³/mol. The van der Waals surface area contributed by atoms with Crippen molar-refractivity contribution in [2.75, 3.05) is 6.61 Å². The number of rotatable bonds is 1. The maximum atomic E-state index is 5.46. The third-order valence-electron chi connectivity index (χ3n) is 2.19. The minimum atomic E-state index is 0.836. The van der Waals surface area contributed by atoms with Gasteiger partial charge in [0.15, 0.2) is 0 Å². The van der Waals surface area contributed by atoms with Gasteiger partial charge in [-0.15, -0.1) is 0 Å². The molecule has 0 bridgehead atoms. The highest BCUT2D eigenvalue weighted by atomic mass is 127. The molecule has 0 saturated heterocycles. The summed E-state index contributed by atoms with van der Waals surface area (Å²) in [6, 6.07) is 4.16. The molecule has 12 heavy (non-hydrogen) atoms. The van der Waals surface area contributed by atoms with Crippen LogP contribution in [-0.4, -0.2) is 6.61 Å². The van der Waals surface area contributed by atoms with Crippen molar-refractivity contribution in [3.8, 4) is 5.75 Å². The Balaban J connectivity index is 2.57. The Morgan fingerprint density at radius 2 is 2.33 bits per heavy atom. The zero-order valence-corrected chi connectivity index (χ0v) is 8.93. The SMILES string of the molecule is [NH3+]Cc1c(I)ccc2c1CCO2. The van der Waals surface area contributed by atoms with Crippen LogP contribution in [0.2, 0.25) is 0 Å². The van der Waals surface area contributed by atoms with E-state index in [1.807, 2.05) is 0 Å². The minimum absolute atomic E-state index is 0.836. The van der Waals surface area contributed by atoms with E-state index in [0.717, 1.165) is 25.3 Å². The number of ether oxygens (including phenoxy) is 1. The molecular formula is C9H11INO+. The van der Waals surface area contributed by atoms with Gasteiger partial charge in [-0.2, -0.15) is 0 Å². The summed E-state index contributed by atoms with van der Waals surface area (Å²) >= 11 is 2.36. The Bertz CT molecular complexity index is 312. The Labute approximate surface area is 85.2 Å². The smallest absolute Gasteiger partial charge is 0.123 e. The molecular weight excluding hydrogens is 265 g/mol. The molecule has 0 radical (unpaired) electrons. The second-order valence-electron chi connectivity index (χ2n) is 2.85. The zero-order chi connectivity index (χ0) is 8.55. The second kappa shape index (κ2) is 3.22. The Morgan fingerprint density at radius 3 is 3.08 bits per heavy atom. The topological polar surface area (TPSA) is 36.9 Å². The van der Waals surface area contributed by atoms with Crippen LogP contribution < -0.4 is 10.5 Å². The second-order valence-corrected chi connectivity index (χ2v) is 4.01. The lowest BCUT2D eigenvalue weighted by Gasteiger charge is -2.04. The fourth-order valence-corrected chi connectivity index (χ4v) is 2.36. The number of halogens is 1. The number of quaternary nitrogens is 1. The van der Waals surface area contributed by atoms with Gasteiger partial charge in [-0.05, 0) is 34.7 Å². The summed E-state index contributed by atoms with van der Waals surface area (Å²) in [7, 11) is 0. The van der Waals surface area contributed by atoms with Crippen LogP contribution in [-0.2, 0) is 13.0 Å². The van der Waals surface area contributed by atoms with Gasteiger partial charge in [0.25, 0.3) is 0 Å². The van der Waals surface area contributed by atoms with Gasteiger partial charge in [-0.25, -0.2) is 0 Å². The lowest BCUT2D eigenvalue weighted by atomic mass is 10.1. The van der Waals surface area contributed by atoms with Crippen LogP contribution in [0.1, 0.15) is 11.1 Å². The molecule has 1 heterocycles. The number of fused-ring (bicyclic) bond motifs is 1. The summed E-state index contributed by atoms with van der Waals surface area (Å²) < 4.78 is 6.78.